The molecule has 94 valence electrons. The third kappa shape index (κ3) is 4.06. The maximum Gasteiger partial charge on any atom is 0.222 e. The molecule has 1 aromatic heterocycles. The number of nitrogens with zero attached hydrogens (tertiary/aromatic N) is 3. The predicted octanol–water partition coefficient (Wildman–Crippen LogP) is 2.37. The minimum atomic E-state index is 0.531. The minimum Gasteiger partial charge on any atom is -0.351 e. The number of hydrogen-bond donors (Lipinski definition) is 1. The number of anilines is 1. The SMILES string of the molecule is CCCN1CCC(Nc2ncc(I)cn2)CC1. The molecule has 0 amide bonds. The molecule has 1 aliphatic heterocycles. The molecule has 0 spiro atoms. The Labute approximate surface area is 116 Å². The van der Waals surface area contributed by atoms with E-state index in [1.807, 2.05) is 12.4 Å². The molecule has 1 aromatic rings. The molecule has 17 heavy (non-hydrogen) atoms. The molecular formula is C12H19IN4. The molecular weight excluding hydrogens is 327 g/mol. The van der Waals surface area contributed by atoms with Crippen molar-refractivity contribution in [3.05, 3.63) is 16.0 Å². The summed E-state index contributed by atoms with van der Waals surface area (Å²) in [4.78, 5) is 11.1. The van der Waals surface area contributed by atoms with Crippen molar-refractivity contribution in [2.24, 2.45) is 0 Å². The van der Waals surface area contributed by atoms with Gasteiger partial charge in [-0.1, -0.05) is 6.92 Å². The quantitative estimate of drug-likeness (QED) is 0.850. The summed E-state index contributed by atoms with van der Waals surface area (Å²) in [5.41, 5.74) is 0. The summed E-state index contributed by atoms with van der Waals surface area (Å²) in [6.07, 6.45) is 7.33. The van der Waals surface area contributed by atoms with Crippen LogP contribution in [0.4, 0.5) is 5.95 Å². The fraction of sp³-hybridized carbons (Fsp3) is 0.667. The molecule has 1 fully saturated rings. The van der Waals surface area contributed by atoms with Crippen LogP contribution in [0.1, 0.15) is 26.2 Å². The zero-order valence-corrected chi connectivity index (χ0v) is 12.4. The average Bonchev–Trinajstić information content (AvgIpc) is 2.35. The summed E-state index contributed by atoms with van der Waals surface area (Å²) in [6.45, 7) is 5.85. The van der Waals surface area contributed by atoms with Crippen molar-refractivity contribution < 1.29 is 0 Å². The Morgan fingerprint density at radius 1 is 1.35 bits per heavy atom. The number of piperidine rings is 1. The van der Waals surface area contributed by atoms with Gasteiger partial charge in [0.15, 0.2) is 0 Å². The van der Waals surface area contributed by atoms with Crippen molar-refractivity contribution in [2.45, 2.75) is 32.2 Å². The van der Waals surface area contributed by atoms with Gasteiger partial charge in [-0.15, -0.1) is 0 Å². The molecule has 0 radical (unpaired) electrons. The van der Waals surface area contributed by atoms with Gasteiger partial charge < -0.3 is 10.2 Å². The third-order valence-electron chi connectivity index (χ3n) is 3.08. The monoisotopic (exact) mass is 346 g/mol. The summed E-state index contributed by atoms with van der Waals surface area (Å²) in [7, 11) is 0. The van der Waals surface area contributed by atoms with Gasteiger partial charge in [0.1, 0.15) is 0 Å². The lowest BCUT2D eigenvalue weighted by Gasteiger charge is -2.32. The summed E-state index contributed by atoms with van der Waals surface area (Å²) < 4.78 is 1.07. The fourth-order valence-electron chi connectivity index (χ4n) is 2.19. The van der Waals surface area contributed by atoms with Gasteiger partial charge in [0, 0.05) is 35.1 Å². The van der Waals surface area contributed by atoms with Gasteiger partial charge in [0.2, 0.25) is 5.95 Å². The number of likely N-dealkylation sites (tertiary alicyclic amines) is 1. The van der Waals surface area contributed by atoms with Crippen LogP contribution in [0.5, 0.6) is 0 Å². The maximum atomic E-state index is 4.28. The van der Waals surface area contributed by atoms with Gasteiger partial charge in [-0.2, -0.15) is 0 Å². The Kier molecular flexibility index (Phi) is 4.97. The Bertz CT molecular complexity index is 333. The molecule has 1 saturated heterocycles. The first-order valence-electron chi connectivity index (χ1n) is 6.24. The van der Waals surface area contributed by atoms with Gasteiger partial charge in [-0.05, 0) is 48.4 Å². The molecule has 5 heteroatoms. The van der Waals surface area contributed by atoms with Crippen molar-refractivity contribution in [1.29, 1.82) is 0 Å². The topological polar surface area (TPSA) is 41.0 Å². The third-order valence-corrected chi connectivity index (χ3v) is 3.64. The molecule has 0 atom stereocenters. The lowest BCUT2D eigenvalue weighted by molar-refractivity contribution is 0.219. The van der Waals surface area contributed by atoms with Crippen LogP contribution in [0.25, 0.3) is 0 Å². The number of aromatic nitrogens is 2. The minimum absolute atomic E-state index is 0.531. The standard InChI is InChI=1S/C12H19IN4/c1-2-5-17-6-3-11(4-7-17)16-12-14-8-10(13)9-15-12/h8-9,11H,2-7H2,1H3,(H,14,15,16). The molecule has 0 unspecified atom stereocenters. The molecule has 4 nitrogen and oxygen atoms in total. The zero-order chi connectivity index (χ0) is 12.1. The van der Waals surface area contributed by atoms with E-state index in [-0.39, 0.29) is 0 Å². The smallest absolute Gasteiger partial charge is 0.222 e. The van der Waals surface area contributed by atoms with Gasteiger partial charge in [0.25, 0.3) is 0 Å². The van der Waals surface area contributed by atoms with Crippen molar-refractivity contribution in [3.63, 3.8) is 0 Å². The van der Waals surface area contributed by atoms with Gasteiger partial charge in [-0.3, -0.25) is 0 Å². The highest BCUT2D eigenvalue weighted by Crippen LogP contribution is 2.14. The Balaban J connectivity index is 1.79. The predicted molar refractivity (Wildman–Crippen MR) is 78.1 cm³/mol. The van der Waals surface area contributed by atoms with Crippen molar-refractivity contribution in [3.8, 4) is 0 Å². The normalized spacial score (nSPS) is 18.2. The second kappa shape index (κ2) is 6.49. The van der Waals surface area contributed by atoms with Crippen LogP contribution in [-0.2, 0) is 0 Å². The lowest BCUT2D eigenvalue weighted by Crippen LogP contribution is -2.39. The van der Waals surface area contributed by atoms with Crippen LogP contribution in [0.2, 0.25) is 0 Å². The van der Waals surface area contributed by atoms with Crippen molar-refractivity contribution in [2.75, 3.05) is 25.0 Å². The van der Waals surface area contributed by atoms with Crippen LogP contribution in [-0.4, -0.2) is 40.5 Å². The van der Waals surface area contributed by atoms with Crippen LogP contribution >= 0.6 is 22.6 Å². The Morgan fingerprint density at radius 3 is 2.59 bits per heavy atom. The highest BCUT2D eigenvalue weighted by atomic mass is 127. The molecule has 1 N–H and O–H groups in total. The molecule has 0 saturated carbocycles. The Hall–Kier alpha value is -0.430. The zero-order valence-electron chi connectivity index (χ0n) is 10.2. The largest absolute Gasteiger partial charge is 0.351 e. The second-order valence-electron chi connectivity index (χ2n) is 4.49. The summed E-state index contributed by atoms with van der Waals surface area (Å²) in [5.74, 6) is 0.763. The maximum absolute atomic E-state index is 4.28. The first-order valence-corrected chi connectivity index (χ1v) is 7.32. The summed E-state index contributed by atoms with van der Waals surface area (Å²) >= 11 is 2.22. The van der Waals surface area contributed by atoms with Gasteiger partial charge in [0.05, 0.1) is 0 Å². The first-order chi connectivity index (χ1) is 8.28. The molecule has 0 aromatic carbocycles. The van der Waals surface area contributed by atoms with E-state index in [4.69, 9.17) is 0 Å². The Morgan fingerprint density at radius 2 is 2.00 bits per heavy atom. The first kappa shape index (κ1) is 13.0. The molecule has 0 bridgehead atoms. The van der Waals surface area contributed by atoms with Crippen LogP contribution in [0, 0.1) is 3.57 Å². The van der Waals surface area contributed by atoms with Gasteiger partial charge in [-0.25, -0.2) is 9.97 Å². The van der Waals surface area contributed by atoms with E-state index in [0.717, 1.165) is 9.52 Å². The molecule has 0 aliphatic carbocycles. The van der Waals surface area contributed by atoms with E-state index in [0.29, 0.717) is 6.04 Å². The van der Waals surface area contributed by atoms with Crippen molar-refractivity contribution >= 4 is 28.5 Å². The molecule has 2 heterocycles. The number of halogens is 1. The van der Waals surface area contributed by atoms with Crippen LogP contribution in [0.3, 0.4) is 0 Å². The van der Waals surface area contributed by atoms with Crippen LogP contribution < -0.4 is 5.32 Å². The number of nitrogens with one attached hydrogen (secondary N) is 1. The van der Waals surface area contributed by atoms with E-state index in [1.165, 1.54) is 38.9 Å². The van der Waals surface area contributed by atoms with Gasteiger partial charge >= 0.3 is 0 Å². The van der Waals surface area contributed by atoms with Crippen molar-refractivity contribution in [1.82, 2.24) is 14.9 Å². The van der Waals surface area contributed by atoms with E-state index < -0.39 is 0 Å². The lowest BCUT2D eigenvalue weighted by atomic mass is 10.1. The second-order valence-corrected chi connectivity index (χ2v) is 5.73. The summed E-state index contributed by atoms with van der Waals surface area (Å²) in [5, 5.41) is 3.42. The van der Waals surface area contributed by atoms with Crippen LogP contribution in [0.15, 0.2) is 12.4 Å². The van der Waals surface area contributed by atoms with E-state index in [2.05, 4.69) is 49.7 Å². The average molecular weight is 346 g/mol. The molecule has 2 rings (SSSR count). The van der Waals surface area contributed by atoms with E-state index in [9.17, 15) is 0 Å². The van der Waals surface area contributed by atoms with E-state index in [1.54, 1.807) is 0 Å². The number of rotatable bonds is 4. The highest BCUT2D eigenvalue weighted by Gasteiger charge is 2.18. The highest BCUT2D eigenvalue weighted by molar-refractivity contribution is 14.1. The fourth-order valence-corrected chi connectivity index (χ4v) is 2.47. The van der Waals surface area contributed by atoms with E-state index >= 15 is 0 Å². The number of hydrogen-bond acceptors (Lipinski definition) is 4. The molecule has 1 aliphatic rings. The summed E-state index contributed by atoms with van der Waals surface area (Å²) in [6, 6.07) is 0.531.